The van der Waals surface area contributed by atoms with Crippen LogP contribution in [-0.4, -0.2) is 26.4 Å². The summed E-state index contributed by atoms with van der Waals surface area (Å²) in [4.78, 5) is 11.1. The average Bonchev–Trinajstić information content (AvgIpc) is 2.35. The monoisotopic (exact) mass is 242 g/mol. The van der Waals surface area contributed by atoms with Crippen LogP contribution in [0.5, 0.6) is 0 Å². The molecule has 0 N–H and O–H groups in total. The van der Waals surface area contributed by atoms with Crippen LogP contribution in [0.15, 0.2) is 24.3 Å². The molecule has 1 unspecified atom stereocenters. The Morgan fingerprint density at radius 1 is 1.25 bits per heavy atom. The average molecular weight is 242 g/mol. The number of esters is 1. The van der Waals surface area contributed by atoms with Crippen molar-refractivity contribution in [1.82, 2.24) is 0 Å². The number of benzene rings is 1. The third-order valence-electron chi connectivity index (χ3n) is 2.22. The third-order valence-corrected chi connectivity index (χ3v) is 3.33. The smallest absolute Gasteiger partial charge is 0.337 e. The maximum atomic E-state index is 11.1. The Hall–Kier alpha value is -1.12. The van der Waals surface area contributed by atoms with Gasteiger partial charge in [-0.15, -0.1) is 0 Å². The molecule has 88 valence electrons. The van der Waals surface area contributed by atoms with Crippen molar-refractivity contribution >= 4 is 14.0 Å². The predicted molar refractivity (Wildman–Crippen MR) is 62.4 cm³/mol. The fourth-order valence-corrected chi connectivity index (χ4v) is 1.97. The molecule has 0 amide bonds. The van der Waals surface area contributed by atoms with E-state index in [0.29, 0.717) is 18.1 Å². The third kappa shape index (κ3) is 3.80. The summed E-state index contributed by atoms with van der Waals surface area (Å²) in [7, 11) is 0.895. The first-order valence-corrected chi connectivity index (χ1v) is 6.44. The molecule has 5 heteroatoms. The van der Waals surface area contributed by atoms with Gasteiger partial charge in [-0.1, -0.05) is 12.1 Å². The highest BCUT2D eigenvalue weighted by atomic mass is 31.1. The normalized spacial score (nSPS) is 12.1. The first kappa shape index (κ1) is 12.9. The Balaban J connectivity index is 2.58. The Bertz CT molecular complexity index is 372. The van der Waals surface area contributed by atoms with Crippen LogP contribution in [0.4, 0.5) is 0 Å². The molecule has 0 saturated heterocycles. The van der Waals surface area contributed by atoms with E-state index < -0.39 is 8.03 Å². The number of rotatable bonds is 5. The molecule has 0 heterocycles. The molecule has 0 bridgehead atoms. The Morgan fingerprint density at radius 2 is 1.88 bits per heavy atom. The summed E-state index contributed by atoms with van der Waals surface area (Å²) in [6.45, 7) is 0. The standard InChI is InChI=1S/C11H15O4P/c1-14-11(12)10-5-3-9(4-6-10)7-8-16(13)15-2/h3-6,16H,7-8H2,1-2H3. The van der Waals surface area contributed by atoms with Crippen molar-refractivity contribution in [3.05, 3.63) is 35.4 Å². The number of ether oxygens (including phenoxy) is 1. The van der Waals surface area contributed by atoms with Gasteiger partial charge in [0.2, 0.25) is 0 Å². The molecular formula is C11H15O4P. The van der Waals surface area contributed by atoms with Gasteiger partial charge in [-0.2, -0.15) is 0 Å². The molecule has 1 aromatic carbocycles. The van der Waals surface area contributed by atoms with Crippen LogP contribution in [-0.2, 0) is 20.2 Å². The van der Waals surface area contributed by atoms with Crippen molar-refractivity contribution < 1.29 is 18.6 Å². The molecule has 1 rings (SSSR count). The van der Waals surface area contributed by atoms with Gasteiger partial charge < -0.3 is 9.26 Å². The molecule has 1 atom stereocenters. The molecule has 0 spiro atoms. The second kappa shape index (κ2) is 6.46. The van der Waals surface area contributed by atoms with Crippen LogP contribution in [0, 0.1) is 0 Å². The summed E-state index contributed by atoms with van der Waals surface area (Å²) in [6, 6.07) is 7.06. The van der Waals surface area contributed by atoms with Gasteiger partial charge in [-0.25, -0.2) is 4.79 Å². The minimum Gasteiger partial charge on any atom is -0.465 e. The number of aryl methyl sites for hydroxylation is 1. The van der Waals surface area contributed by atoms with Gasteiger partial charge in [0.15, 0.2) is 8.03 Å². The Kier molecular flexibility index (Phi) is 5.23. The summed E-state index contributed by atoms with van der Waals surface area (Å²) < 4.78 is 20.4. The molecule has 0 fully saturated rings. The second-order valence-electron chi connectivity index (χ2n) is 3.26. The van der Waals surface area contributed by atoms with Crippen LogP contribution in [0.3, 0.4) is 0 Å². The lowest BCUT2D eigenvalue weighted by Gasteiger charge is -2.02. The minimum atomic E-state index is -1.90. The van der Waals surface area contributed by atoms with Gasteiger partial charge >= 0.3 is 5.97 Å². The molecule has 0 aliphatic carbocycles. The zero-order chi connectivity index (χ0) is 12.0. The van der Waals surface area contributed by atoms with Gasteiger partial charge in [-0.3, -0.25) is 4.57 Å². The molecule has 0 aliphatic heterocycles. The molecule has 16 heavy (non-hydrogen) atoms. The van der Waals surface area contributed by atoms with Gasteiger partial charge in [0, 0.05) is 13.3 Å². The fourth-order valence-electron chi connectivity index (χ4n) is 1.27. The summed E-state index contributed by atoms with van der Waals surface area (Å²) in [6.07, 6.45) is 1.21. The van der Waals surface area contributed by atoms with E-state index in [9.17, 15) is 9.36 Å². The number of hydrogen-bond acceptors (Lipinski definition) is 4. The SMILES string of the molecule is COC(=O)c1ccc(CC[PH](=O)OC)cc1. The predicted octanol–water partition coefficient (Wildman–Crippen LogP) is 2.14. The van der Waals surface area contributed by atoms with Crippen LogP contribution in [0.2, 0.25) is 0 Å². The number of methoxy groups -OCH3 is 1. The van der Waals surface area contributed by atoms with Crippen molar-refractivity contribution in [1.29, 1.82) is 0 Å². The lowest BCUT2D eigenvalue weighted by atomic mass is 10.1. The van der Waals surface area contributed by atoms with Crippen LogP contribution in [0.25, 0.3) is 0 Å². The quantitative estimate of drug-likeness (QED) is 0.586. The van der Waals surface area contributed by atoms with Gasteiger partial charge in [0.25, 0.3) is 0 Å². The Labute approximate surface area is 95.4 Å². The number of carbonyl (C=O) groups excluding carboxylic acids is 1. The molecule has 1 aromatic rings. The molecule has 0 radical (unpaired) electrons. The fraction of sp³-hybridized carbons (Fsp3) is 0.364. The topological polar surface area (TPSA) is 52.6 Å². The van der Waals surface area contributed by atoms with Crippen molar-refractivity contribution in [2.45, 2.75) is 6.42 Å². The molecule has 0 saturated carbocycles. The van der Waals surface area contributed by atoms with E-state index in [1.165, 1.54) is 14.2 Å². The highest BCUT2D eigenvalue weighted by Gasteiger charge is 2.04. The van der Waals surface area contributed by atoms with E-state index in [1.807, 2.05) is 12.1 Å². The van der Waals surface area contributed by atoms with Gasteiger partial charge in [-0.05, 0) is 24.1 Å². The van der Waals surface area contributed by atoms with Crippen LogP contribution >= 0.6 is 8.03 Å². The van der Waals surface area contributed by atoms with E-state index in [2.05, 4.69) is 4.74 Å². The van der Waals surface area contributed by atoms with Crippen molar-refractivity contribution in [2.24, 2.45) is 0 Å². The van der Waals surface area contributed by atoms with E-state index in [-0.39, 0.29) is 5.97 Å². The molecule has 0 aliphatic rings. The summed E-state index contributed by atoms with van der Waals surface area (Å²) in [5, 5.41) is 0. The van der Waals surface area contributed by atoms with Crippen LogP contribution < -0.4 is 0 Å². The highest BCUT2D eigenvalue weighted by Crippen LogP contribution is 2.21. The second-order valence-corrected chi connectivity index (χ2v) is 4.92. The summed E-state index contributed by atoms with van der Waals surface area (Å²) in [5.74, 6) is -0.350. The van der Waals surface area contributed by atoms with Gasteiger partial charge in [0.05, 0.1) is 12.7 Å². The van der Waals surface area contributed by atoms with E-state index in [1.54, 1.807) is 12.1 Å². The first-order valence-electron chi connectivity index (χ1n) is 4.91. The molecule has 4 nitrogen and oxygen atoms in total. The minimum absolute atomic E-state index is 0.350. The van der Waals surface area contributed by atoms with Crippen molar-refractivity contribution in [3.63, 3.8) is 0 Å². The zero-order valence-corrected chi connectivity index (χ0v) is 10.4. The summed E-state index contributed by atoms with van der Waals surface area (Å²) in [5.41, 5.74) is 1.55. The van der Waals surface area contributed by atoms with E-state index in [0.717, 1.165) is 5.56 Å². The zero-order valence-electron chi connectivity index (χ0n) is 9.36. The van der Waals surface area contributed by atoms with Gasteiger partial charge in [0.1, 0.15) is 0 Å². The first-order chi connectivity index (χ1) is 7.67. The van der Waals surface area contributed by atoms with Crippen molar-refractivity contribution in [3.8, 4) is 0 Å². The van der Waals surface area contributed by atoms with Crippen molar-refractivity contribution in [2.75, 3.05) is 20.4 Å². The molecule has 0 aromatic heterocycles. The summed E-state index contributed by atoms with van der Waals surface area (Å²) >= 11 is 0. The Morgan fingerprint density at radius 3 is 2.38 bits per heavy atom. The highest BCUT2D eigenvalue weighted by molar-refractivity contribution is 7.39. The lowest BCUT2D eigenvalue weighted by Crippen LogP contribution is -2.01. The maximum absolute atomic E-state index is 11.1. The maximum Gasteiger partial charge on any atom is 0.337 e. The van der Waals surface area contributed by atoms with E-state index in [4.69, 9.17) is 4.52 Å². The number of hydrogen-bond donors (Lipinski definition) is 0. The lowest BCUT2D eigenvalue weighted by molar-refractivity contribution is 0.0600. The largest absolute Gasteiger partial charge is 0.465 e. The number of carbonyl (C=O) groups is 1. The van der Waals surface area contributed by atoms with E-state index >= 15 is 0 Å². The van der Waals surface area contributed by atoms with Crippen LogP contribution in [0.1, 0.15) is 15.9 Å². The molecular weight excluding hydrogens is 227 g/mol.